The number of nitrogens with one attached hydrogen (secondary N) is 2. The van der Waals surface area contributed by atoms with Crippen molar-refractivity contribution in [3.8, 4) is 0 Å². The van der Waals surface area contributed by atoms with E-state index in [1.807, 2.05) is 24.3 Å². The lowest BCUT2D eigenvalue weighted by Crippen LogP contribution is -2.38. The highest BCUT2D eigenvalue weighted by atomic mass is 16.4. The summed E-state index contributed by atoms with van der Waals surface area (Å²) in [4.78, 5) is 23.5. The second-order valence-electron chi connectivity index (χ2n) is 5.91. The third kappa shape index (κ3) is 2.86. The highest BCUT2D eigenvalue weighted by Gasteiger charge is 2.33. The summed E-state index contributed by atoms with van der Waals surface area (Å²) >= 11 is 0. The van der Waals surface area contributed by atoms with E-state index in [4.69, 9.17) is 5.11 Å². The average molecular weight is 288 g/mol. The molecule has 0 saturated heterocycles. The van der Waals surface area contributed by atoms with Gasteiger partial charge in [0.1, 0.15) is 0 Å². The summed E-state index contributed by atoms with van der Waals surface area (Å²) in [6.45, 7) is 0.789. The molecule has 0 radical (unpaired) electrons. The lowest BCUT2D eigenvalue weighted by Gasteiger charge is -2.27. The van der Waals surface area contributed by atoms with Crippen LogP contribution < -0.4 is 10.6 Å². The van der Waals surface area contributed by atoms with Gasteiger partial charge in [-0.15, -0.1) is 0 Å². The Morgan fingerprint density at radius 2 is 2.00 bits per heavy atom. The number of rotatable bonds is 3. The van der Waals surface area contributed by atoms with Crippen LogP contribution >= 0.6 is 0 Å². The summed E-state index contributed by atoms with van der Waals surface area (Å²) in [5.41, 5.74) is 2.06. The van der Waals surface area contributed by atoms with Gasteiger partial charge in [-0.3, -0.25) is 9.59 Å². The fraction of sp³-hybridized carbons (Fsp3) is 0.500. The number of carbonyl (C=O) groups is 2. The van der Waals surface area contributed by atoms with Gasteiger partial charge in [-0.1, -0.05) is 18.2 Å². The molecule has 1 aliphatic heterocycles. The van der Waals surface area contributed by atoms with Gasteiger partial charge in [0.05, 0.1) is 11.8 Å². The molecule has 5 nitrogen and oxygen atoms in total. The van der Waals surface area contributed by atoms with Crippen molar-refractivity contribution >= 4 is 17.6 Å². The van der Waals surface area contributed by atoms with E-state index in [-0.39, 0.29) is 23.8 Å². The van der Waals surface area contributed by atoms with Crippen LogP contribution in [0.25, 0.3) is 0 Å². The first kappa shape index (κ1) is 13.9. The average Bonchev–Trinajstić information content (AvgIpc) is 2.95. The molecule has 3 atom stereocenters. The Morgan fingerprint density at radius 1 is 1.19 bits per heavy atom. The van der Waals surface area contributed by atoms with E-state index < -0.39 is 5.97 Å². The van der Waals surface area contributed by atoms with Gasteiger partial charge in [-0.2, -0.15) is 0 Å². The summed E-state index contributed by atoms with van der Waals surface area (Å²) in [5.74, 6) is -1.17. The highest BCUT2D eigenvalue weighted by molar-refractivity contribution is 5.86. The molecule has 112 valence electrons. The summed E-state index contributed by atoms with van der Waals surface area (Å²) < 4.78 is 0. The number of aliphatic carboxylic acids is 1. The molecule has 1 aromatic carbocycles. The molecule has 1 aromatic rings. The van der Waals surface area contributed by atoms with E-state index in [0.29, 0.717) is 12.8 Å². The zero-order valence-electron chi connectivity index (χ0n) is 11.8. The molecule has 3 rings (SSSR count). The fourth-order valence-corrected chi connectivity index (χ4v) is 3.38. The lowest BCUT2D eigenvalue weighted by atomic mass is 9.90. The van der Waals surface area contributed by atoms with E-state index >= 15 is 0 Å². The SMILES string of the molecule is O=C(N[C@H]1CC[C@@H](C(=O)O)C1)C1CCNc2ccccc21. The van der Waals surface area contributed by atoms with Crippen molar-refractivity contribution in [1.82, 2.24) is 5.32 Å². The van der Waals surface area contributed by atoms with E-state index in [2.05, 4.69) is 10.6 Å². The highest BCUT2D eigenvalue weighted by Crippen LogP contribution is 2.32. The quantitative estimate of drug-likeness (QED) is 0.794. The maximum absolute atomic E-state index is 12.5. The van der Waals surface area contributed by atoms with Gasteiger partial charge in [0, 0.05) is 18.3 Å². The summed E-state index contributed by atoms with van der Waals surface area (Å²) in [7, 11) is 0. The third-order valence-corrected chi connectivity index (χ3v) is 4.53. The number of carboxylic acids is 1. The van der Waals surface area contributed by atoms with E-state index in [1.54, 1.807) is 0 Å². The van der Waals surface area contributed by atoms with Crippen molar-refractivity contribution in [3.63, 3.8) is 0 Å². The van der Waals surface area contributed by atoms with Gasteiger partial charge in [0.15, 0.2) is 0 Å². The molecule has 1 heterocycles. The second-order valence-corrected chi connectivity index (χ2v) is 5.91. The number of carbonyl (C=O) groups excluding carboxylic acids is 1. The van der Waals surface area contributed by atoms with Crippen LogP contribution in [0.5, 0.6) is 0 Å². The first-order valence-corrected chi connectivity index (χ1v) is 7.51. The second kappa shape index (κ2) is 5.76. The molecular formula is C16H20N2O3. The number of benzene rings is 1. The smallest absolute Gasteiger partial charge is 0.306 e. The normalized spacial score (nSPS) is 27.5. The number of hydrogen-bond donors (Lipinski definition) is 3. The lowest BCUT2D eigenvalue weighted by molar-refractivity contribution is -0.141. The fourth-order valence-electron chi connectivity index (χ4n) is 3.38. The molecule has 1 aliphatic carbocycles. The summed E-state index contributed by atoms with van der Waals surface area (Å²) in [5, 5.41) is 15.4. The summed E-state index contributed by atoms with van der Waals surface area (Å²) in [6.07, 6.45) is 2.74. The minimum atomic E-state index is -0.751. The van der Waals surface area contributed by atoms with Crippen LogP contribution in [-0.2, 0) is 9.59 Å². The number of fused-ring (bicyclic) bond motifs is 1. The number of carboxylic acid groups (broad SMARTS) is 1. The molecule has 21 heavy (non-hydrogen) atoms. The van der Waals surface area contributed by atoms with Gasteiger partial charge in [-0.05, 0) is 37.3 Å². The Hall–Kier alpha value is -2.04. The Labute approximate surface area is 123 Å². The Kier molecular flexibility index (Phi) is 3.82. The molecule has 1 fully saturated rings. The van der Waals surface area contributed by atoms with Crippen LogP contribution in [0.2, 0.25) is 0 Å². The molecule has 3 N–H and O–H groups in total. The van der Waals surface area contributed by atoms with Crippen molar-refractivity contribution in [2.24, 2.45) is 5.92 Å². The zero-order valence-corrected chi connectivity index (χ0v) is 11.8. The van der Waals surface area contributed by atoms with Gasteiger partial charge < -0.3 is 15.7 Å². The van der Waals surface area contributed by atoms with E-state index in [9.17, 15) is 9.59 Å². The topological polar surface area (TPSA) is 78.4 Å². The van der Waals surface area contributed by atoms with Crippen molar-refractivity contribution in [3.05, 3.63) is 29.8 Å². The Balaban J connectivity index is 1.66. The van der Waals surface area contributed by atoms with E-state index in [0.717, 1.165) is 30.6 Å². The molecule has 0 spiro atoms. The minimum absolute atomic E-state index is 0.000600. The predicted octanol–water partition coefficient (Wildman–Crippen LogP) is 1.96. The minimum Gasteiger partial charge on any atom is -0.481 e. The summed E-state index contributed by atoms with van der Waals surface area (Å²) in [6, 6.07) is 7.88. The molecular weight excluding hydrogens is 268 g/mol. The largest absolute Gasteiger partial charge is 0.481 e. The first-order valence-electron chi connectivity index (χ1n) is 7.51. The third-order valence-electron chi connectivity index (χ3n) is 4.53. The van der Waals surface area contributed by atoms with Crippen LogP contribution in [0.15, 0.2) is 24.3 Å². The van der Waals surface area contributed by atoms with E-state index in [1.165, 1.54) is 0 Å². The van der Waals surface area contributed by atoms with Crippen molar-refractivity contribution in [2.75, 3.05) is 11.9 Å². The van der Waals surface area contributed by atoms with Crippen molar-refractivity contribution in [2.45, 2.75) is 37.6 Å². The van der Waals surface area contributed by atoms with Crippen molar-refractivity contribution in [1.29, 1.82) is 0 Å². The van der Waals surface area contributed by atoms with Crippen LogP contribution in [-0.4, -0.2) is 29.6 Å². The number of para-hydroxylation sites is 1. The zero-order chi connectivity index (χ0) is 14.8. The van der Waals surface area contributed by atoms with Gasteiger partial charge in [-0.25, -0.2) is 0 Å². The number of anilines is 1. The molecule has 0 bridgehead atoms. The monoisotopic (exact) mass is 288 g/mol. The predicted molar refractivity (Wildman–Crippen MR) is 79.2 cm³/mol. The van der Waals surface area contributed by atoms with Crippen LogP contribution in [0, 0.1) is 5.92 Å². The van der Waals surface area contributed by atoms with Crippen LogP contribution in [0.3, 0.4) is 0 Å². The molecule has 0 aromatic heterocycles. The Bertz CT molecular complexity index is 558. The number of hydrogen-bond acceptors (Lipinski definition) is 3. The maximum Gasteiger partial charge on any atom is 0.306 e. The standard InChI is InChI=1S/C16H20N2O3/c19-15(18-11-6-5-10(9-11)16(20)21)13-7-8-17-14-4-2-1-3-12(13)14/h1-4,10-11,13,17H,5-9H2,(H,18,19)(H,20,21)/t10-,11+,13?/m1/s1. The Morgan fingerprint density at radius 3 is 2.76 bits per heavy atom. The van der Waals surface area contributed by atoms with Crippen molar-refractivity contribution < 1.29 is 14.7 Å². The molecule has 5 heteroatoms. The van der Waals surface area contributed by atoms with Gasteiger partial charge >= 0.3 is 5.97 Å². The van der Waals surface area contributed by atoms with Gasteiger partial charge in [0.2, 0.25) is 5.91 Å². The van der Waals surface area contributed by atoms with Crippen LogP contribution in [0.4, 0.5) is 5.69 Å². The molecule has 1 saturated carbocycles. The van der Waals surface area contributed by atoms with Gasteiger partial charge in [0.25, 0.3) is 0 Å². The van der Waals surface area contributed by atoms with Crippen LogP contribution in [0.1, 0.15) is 37.2 Å². The molecule has 1 amide bonds. The molecule has 2 aliphatic rings. The first-order chi connectivity index (χ1) is 10.1. The maximum atomic E-state index is 12.5. The number of amides is 1. The molecule has 1 unspecified atom stereocenters.